The van der Waals surface area contributed by atoms with Crippen molar-refractivity contribution in [1.29, 1.82) is 0 Å². The van der Waals surface area contributed by atoms with Gasteiger partial charge >= 0.3 is 0 Å². The molecule has 8 heteroatoms. The molecule has 0 bridgehead atoms. The molecule has 2 saturated heterocycles. The van der Waals surface area contributed by atoms with E-state index in [-0.39, 0.29) is 6.10 Å². The number of hydrogen-bond acceptors (Lipinski definition) is 7. The predicted molar refractivity (Wildman–Crippen MR) is 108 cm³/mol. The highest BCUT2D eigenvalue weighted by molar-refractivity contribution is 5.49. The number of ether oxygens (including phenoxy) is 1. The quantitative estimate of drug-likeness (QED) is 0.847. The Labute approximate surface area is 166 Å². The molecule has 1 N–H and O–H groups in total. The number of rotatable bonds is 5. The first-order chi connectivity index (χ1) is 13.6. The van der Waals surface area contributed by atoms with Gasteiger partial charge in [0.1, 0.15) is 30.1 Å². The van der Waals surface area contributed by atoms with Crippen LogP contribution in [0.2, 0.25) is 0 Å². The molecule has 0 aromatic carbocycles. The van der Waals surface area contributed by atoms with Crippen molar-refractivity contribution in [3.63, 3.8) is 0 Å². The summed E-state index contributed by atoms with van der Waals surface area (Å²) in [5, 5.41) is 12.0. The molecule has 8 nitrogen and oxygen atoms in total. The summed E-state index contributed by atoms with van der Waals surface area (Å²) in [6, 6.07) is 2.37. The van der Waals surface area contributed by atoms with Gasteiger partial charge in [0, 0.05) is 38.7 Å². The van der Waals surface area contributed by atoms with Crippen molar-refractivity contribution >= 4 is 11.6 Å². The third-order valence-electron chi connectivity index (χ3n) is 5.87. The van der Waals surface area contributed by atoms with E-state index in [4.69, 9.17) is 4.74 Å². The Morgan fingerprint density at radius 1 is 1.21 bits per heavy atom. The van der Waals surface area contributed by atoms with Crippen molar-refractivity contribution < 1.29 is 4.74 Å². The minimum atomic E-state index is 0.224. The zero-order valence-corrected chi connectivity index (χ0v) is 17.1. The summed E-state index contributed by atoms with van der Waals surface area (Å²) in [5.74, 6) is 3.77. The second kappa shape index (κ2) is 8.43. The van der Waals surface area contributed by atoms with Crippen LogP contribution < -0.4 is 10.2 Å². The van der Waals surface area contributed by atoms with Crippen molar-refractivity contribution in [2.24, 2.45) is 13.0 Å². The Balaban J connectivity index is 1.46. The number of aryl methyl sites for hydroxylation is 1. The first-order valence-electron chi connectivity index (χ1n) is 10.4. The third kappa shape index (κ3) is 4.11. The van der Waals surface area contributed by atoms with Crippen molar-refractivity contribution in [1.82, 2.24) is 24.7 Å². The molecule has 3 atom stereocenters. The number of aromatic nitrogens is 5. The normalized spacial score (nSPS) is 25.9. The van der Waals surface area contributed by atoms with Gasteiger partial charge in [-0.15, -0.1) is 10.2 Å². The highest BCUT2D eigenvalue weighted by Gasteiger charge is 2.29. The van der Waals surface area contributed by atoms with Gasteiger partial charge in [0.2, 0.25) is 0 Å². The lowest BCUT2D eigenvalue weighted by Crippen LogP contribution is -2.43. The van der Waals surface area contributed by atoms with Crippen LogP contribution in [0.15, 0.2) is 18.7 Å². The minimum Gasteiger partial charge on any atom is -0.376 e. The number of piperidine rings is 1. The monoisotopic (exact) mass is 385 g/mol. The van der Waals surface area contributed by atoms with Crippen LogP contribution in [-0.2, 0) is 11.8 Å². The van der Waals surface area contributed by atoms with Crippen LogP contribution >= 0.6 is 0 Å². The van der Waals surface area contributed by atoms with Crippen molar-refractivity contribution in [2.45, 2.75) is 57.6 Å². The fraction of sp³-hybridized carbons (Fsp3) is 0.700. The van der Waals surface area contributed by atoms with E-state index in [1.807, 2.05) is 11.6 Å². The van der Waals surface area contributed by atoms with Crippen molar-refractivity contribution in [3.8, 4) is 0 Å². The number of nitrogens with one attached hydrogen (secondary N) is 1. The third-order valence-corrected chi connectivity index (χ3v) is 5.87. The largest absolute Gasteiger partial charge is 0.376 e. The Kier molecular flexibility index (Phi) is 5.75. The first kappa shape index (κ1) is 19.1. The molecule has 2 aliphatic heterocycles. The highest BCUT2D eigenvalue weighted by atomic mass is 16.5. The van der Waals surface area contributed by atoms with Gasteiger partial charge in [-0.25, -0.2) is 9.97 Å². The van der Waals surface area contributed by atoms with Crippen LogP contribution in [0, 0.1) is 5.92 Å². The maximum atomic E-state index is 6.01. The zero-order chi connectivity index (χ0) is 19.5. The van der Waals surface area contributed by atoms with E-state index < -0.39 is 0 Å². The molecule has 2 aliphatic rings. The summed E-state index contributed by atoms with van der Waals surface area (Å²) in [4.78, 5) is 11.4. The Hall–Kier alpha value is -2.22. The Morgan fingerprint density at radius 2 is 2.11 bits per heavy atom. The molecular weight excluding hydrogens is 354 g/mol. The summed E-state index contributed by atoms with van der Waals surface area (Å²) in [6.07, 6.45) is 8.12. The van der Waals surface area contributed by atoms with E-state index >= 15 is 0 Å². The summed E-state index contributed by atoms with van der Waals surface area (Å²) in [6.45, 7) is 7.20. The SMILES string of the molecule is CC(C)[C@@H]1OCCC[C@H]1Nc1cc(N2CCC[C@H](c3nncn3C)C2)ncn1. The summed E-state index contributed by atoms with van der Waals surface area (Å²) >= 11 is 0. The molecule has 28 heavy (non-hydrogen) atoms. The molecule has 0 amide bonds. The van der Waals surface area contributed by atoms with E-state index in [0.29, 0.717) is 17.9 Å². The molecular formula is C20H31N7O. The number of hydrogen-bond donors (Lipinski definition) is 1. The van der Waals surface area contributed by atoms with Gasteiger partial charge in [0.05, 0.1) is 12.1 Å². The molecule has 152 valence electrons. The molecule has 2 aromatic rings. The molecule has 2 fully saturated rings. The van der Waals surface area contributed by atoms with E-state index in [2.05, 4.69) is 50.3 Å². The Morgan fingerprint density at radius 3 is 2.89 bits per heavy atom. The lowest BCUT2D eigenvalue weighted by atomic mass is 9.93. The lowest BCUT2D eigenvalue weighted by Gasteiger charge is -2.35. The van der Waals surface area contributed by atoms with Crippen LogP contribution in [-0.4, -0.2) is 56.6 Å². The van der Waals surface area contributed by atoms with Crippen LogP contribution in [0.25, 0.3) is 0 Å². The topological polar surface area (TPSA) is 81.0 Å². The smallest absolute Gasteiger partial charge is 0.137 e. The maximum absolute atomic E-state index is 6.01. The standard InChI is InChI=1S/C20H31N7O/c1-14(2)19-16(7-5-9-28-19)24-17-10-18(22-12-21-17)27-8-4-6-15(11-27)20-25-23-13-26(20)3/h10,12-16,19H,4-9,11H2,1-3H3,(H,21,22,24)/t15-,16+,19-/m0/s1. The fourth-order valence-corrected chi connectivity index (χ4v) is 4.46. The molecule has 0 saturated carbocycles. The van der Waals surface area contributed by atoms with Gasteiger partial charge in [0.15, 0.2) is 0 Å². The van der Waals surface area contributed by atoms with Gasteiger partial charge in [-0.1, -0.05) is 13.8 Å². The molecule has 0 unspecified atom stereocenters. The lowest BCUT2D eigenvalue weighted by molar-refractivity contribution is -0.0203. The van der Waals surface area contributed by atoms with Gasteiger partial charge < -0.3 is 19.5 Å². The van der Waals surface area contributed by atoms with Crippen LogP contribution in [0.1, 0.15) is 51.3 Å². The van der Waals surface area contributed by atoms with E-state index in [0.717, 1.165) is 62.8 Å². The highest BCUT2D eigenvalue weighted by Crippen LogP contribution is 2.29. The molecule has 0 aliphatic carbocycles. The van der Waals surface area contributed by atoms with Crippen molar-refractivity contribution in [3.05, 3.63) is 24.5 Å². The number of anilines is 2. The van der Waals surface area contributed by atoms with Gasteiger partial charge in [-0.3, -0.25) is 0 Å². The maximum Gasteiger partial charge on any atom is 0.137 e. The molecule has 0 spiro atoms. The summed E-state index contributed by atoms with van der Waals surface area (Å²) in [5.41, 5.74) is 0. The molecule has 2 aromatic heterocycles. The van der Waals surface area contributed by atoms with Crippen LogP contribution in [0.4, 0.5) is 11.6 Å². The molecule has 4 heterocycles. The zero-order valence-electron chi connectivity index (χ0n) is 17.1. The van der Waals surface area contributed by atoms with E-state index in [1.54, 1.807) is 12.7 Å². The molecule has 0 radical (unpaired) electrons. The number of nitrogens with zero attached hydrogens (tertiary/aromatic N) is 6. The second-order valence-corrected chi connectivity index (χ2v) is 8.32. The minimum absolute atomic E-state index is 0.224. The van der Waals surface area contributed by atoms with E-state index in [9.17, 15) is 0 Å². The van der Waals surface area contributed by atoms with Gasteiger partial charge in [-0.05, 0) is 31.6 Å². The average molecular weight is 386 g/mol. The Bertz CT molecular complexity index is 777. The van der Waals surface area contributed by atoms with Crippen LogP contribution in [0.5, 0.6) is 0 Å². The van der Waals surface area contributed by atoms with Crippen molar-refractivity contribution in [2.75, 3.05) is 29.9 Å². The average Bonchev–Trinajstić information content (AvgIpc) is 3.14. The fourth-order valence-electron chi connectivity index (χ4n) is 4.46. The van der Waals surface area contributed by atoms with E-state index in [1.165, 1.54) is 0 Å². The van der Waals surface area contributed by atoms with Gasteiger partial charge in [0.25, 0.3) is 0 Å². The van der Waals surface area contributed by atoms with Crippen LogP contribution in [0.3, 0.4) is 0 Å². The van der Waals surface area contributed by atoms with Gasteiger partial charge in [-0.2, -0.15) is 0 Å². The second-order valence-electron chi connectivity index (χ2n) is 8.32. The summed E-state index contributed by atoms with van der Waals surface area (Å²) < 4.78 is 8.03. The summed E-state index contributed by atoms with van der Waals surface area (Å²) in [7, 11) is 2.01. The predicted octanol–water partition coefficient (Wildman–Crippen LogP) is 2.60. The molecule has 4 rings (SSSR count). The first-order valence-corrected chi connectivity index (χ1v) is 10.4.